The zero-order chi connectivity index (χ0) is 15.9. The van der Waals surface area contributed by atoms with Crippen LogP contribution in [0.5, 0.6) is 0 Å². The Balaban J connectivity index is 2.28. The quantitative estimate of drug-likeness (QED) is 0.644. The number of likely N-dealkylation sites (N-methyl/N-ethyl adjacent to an activating group) is 1. The number of nitrogens with zero attached hydrogens (tertiary/aromatic N) is 1. The predicted octanol–water partition coefficient (Wildman–Crippen LogP) is 1.52. The number of carbonyl (C=O) groups is 1. The fourth-order valence-electron chi connectivity index (χ4n) is 1.78. The summed E-state index contributed by atoms with van der Waals surface area (Å²) >= 11 is -2.38. The Kier molecular flexibility index (Phi) is 5.40. The number of amides is 1. The summed E-state index contributed by atoms with van der Waals surface area (Å²) in [6.07, 6.45) is 3.04. The number of carbonyl (C=O) groups excluding carboxylic acids is 1. The van der Waals surface area contributed by atoms with Gasteiger partial charge in [0.15, 0.2) is 0 Å². The highest BCUT2D eigenvalue weighted by atomic mass is 32.2. The first-order chi connectivity index (χ1) is 10.6. The molecule has 1 atom stereocenters. The third-order valence-corrected chi connectivity index (χ3v) is 3.55. The third kappa shape index (κ3) is 4.00. The molecule has 0 aliphatic carbocycles. The molecule has 1 heterocycles. The van der Waals surface area contributed by atoms with E-state index >= 15 is 0 Å². The SMILES string of the molecule is CN/C(=C\c1ccccc1S(=O)[O-])C(=O)Nc1ccccn1. The van der Waals surface area contributed by atoms with Gasteiger partial charge in [-0.1, -0.05) is 24.3 Å². The molecule has 0 saturated carbocycles. The maximum atomic E-state index is 12.2. The molecule has 0 aliphatic rings. The van der Waals surface area contributed by atoms with Crippen molar-refractivity contribution >= 4 is 28.9 Å². The normalized spacial score (nSPS) is 12.5. The van der Waals surface area contributed by atoms with Crippen molar-refractivity contribution in [2.45, 2.75) is 4.90 Å². The Labute approximate surface area is 130 Å². The van der Waals surface area contributed by atoms with E-state index in [4.69, 9.17) is 0 Å². The number of nitrogens with one attached hydrogen (secondary N) is 2. The van der Waals surface area contributed by atoms with E-state index in [2.05, 4.69) is 15.6 Å². The van der Waals surface area contributed by atoms with Crippen molar-refractivity contribution in [2.24, 2.45) is 0 Å². The topological polar surface area (TPSA) is 94.1 Å². The van der Waals surface area contributed by atoms with Crippen molar-refractivity contribution in [3.8, 4) is 0 Å². The van der Waals surface area contributed by atoms with Crippen LogP contribution in [0, 0.1) is 0 Å². The molecule has 2 aromatic rings. The lowest BCUT2D eigenvalue weighted by atomic mass is 10.2. The molecule has 0 radical (unpaired) electrons. The molecule has 0 spiro atoms. The number of pyridine rings is 1. The lowest BCUT2D eigenvalue weighted by molar-refractivity contribution is -0.113. The van der Waals surface area contributed by atoms with Crippen LogP contribution in [0.25, 0.3) is 6.08 Å². The van der Waals surface area contributed by atoms with Crippen molar-refractivity contribution in [3.63, 3.8) is 0 Å². The van der Waals surface area contributed by atoms with Crippen LogP contribution in [0.15, 0.2) is 59.3 Å². The maximum absolute atomic E-state index is 12.2. The smallest absolute Gasteiger partial charge is 0.272 e. The van der Waals surface area contributed by atoms with Gasteiger partial charge >= 0.3 is 0 Å². The summed E-state index contributed by atoms with van der Waals surface area (Å²) in [6, 6.07) is 11.6. The summed E-state index contributed by atoms with van der Waals surface area (Å²) in [5.74, 6) is 0.00187. The van der Waals surface area contributed by atoms with Crippen LogP contribution in [-0.4, -0.2) is 26.7 Å². The standard InChI is InChI=1S/C15H15N3O3S/c1-16-12(15(19)18-14-8-4-5-9-17-14)10-11-6-2-3-7-13(11)22(20)21/h2-10,16H,1H3,(H,20,21)(H,17,18,19)/p-1/b12-10-. The molecule has 114 valence electrons. The molecule has 1 aromatic carbocycles. The van der Waals surface area contributed by atoms with Crippen LogP contribution in [0.1, 0.15) is 5.56 Å². The lowest BCUT2D eigenvalue weighted by Crippen LogP contribution is -2.23. The highest BCUT2D eigenvalue weighted by Crippen LogP contribution is 2.16. The molecule has 1 aromatic heterocycles. The Morgan fingerprint density at radius 1 is 1.23 bits per heavy atom. The Morgan fingerprint density at radius 2 is 1.95 bits per heavy atom. The van der Waals surface area contributed by atoms with Gasteiger partial charge in [0.05, 0.1) is 0 Å². The van der Waals surface area contributed by atoms with Crippen LogP contribution >= 0.6 is 0 Å². The zero-order valence-electron chi connectivity index (χ0n) is 11.8. The monoisotopic (exact) mass is 316 g/mol. The van der Waals surface area contributed by atoms with Crippen LogP contribution in [-0.2, 0) is 15.9 Å². The van der Waals surface area contributed by atoms with E-state index in [1.54, 1.807) is 49.6 Å². The average Bonchev–Trinajstić information content (AvgIpc) is 2.53. The van der Waals surface area contributed by atoms with Crippen molar-refractivity contribution in [1.82, 2.24) is 10.3 Å². The van der Waals surface area contributed by atoms with Gasteiger partial charge in [0.1, 0.15) is 11.5 Å². The van der Waals surface area contributed by atoms with E-state index in [0.717, 1.165) is 0 Å². The minimum atomic E-state index is -2.38. The second kappa shape index (κ2) is 7.48. The minimum Gasteiger partial charge on any atom is -0.768 e. The number of hydrogen-bond acceptors (Lipinski definition) is 5. The molecule has 2 rings (SSSR count). The van der Waals surface area contributed by atoms with Gasteiger partial charge in [0.25, 0.3) is 5.91 Å². The molecule has 2 N–H and O–H groups in total. The van der Waals surface area contributed by atoms with Crippen LogP contribution in [0.2, 0.25) is 0 Å². The van der Waals surface area contributed by atoms with Crippen molar-refractivity contribution < 1.29 is 13.6 Å². The van der Waals surface area contributed by atoms with Gasteiger partial charge < -0.3 is 15.2 Å². The van der Waals surface area contributed by atoms with E-state index in [1.807, 2.05) is 0 Å². The van der Waals surface area contributed by atoms with Gasteiger partial charge in [-0.2, -0.15) is 0 Å². The summed E-state index contributed by atoms with van der Waals surface area (Å²) < 4.78 is 22.4. The molecule has 6 nitrogen and oxygen atoms in total. The first-order valence-corrected chi connectivity index (χ1v) is 7.49. The molecular formula is C15H14N3O3S-. The predicted molar refractivity (Wildman–Crippen MR) is 83.5 cm³/mol. The lowest BCUT2D eigenvalue weighted by Gasteiger charge is -2.11. The third-order valence-electron chi connectivity index (χ3n) is 2.82. The van der Waals surface area contributed by atoms with Crippen molar-refractivity contribution in [1.29, 1.82) is 0 Å². The number of benzene rings is 1. The second-order valence-corrected chi connectivity index (χ2v) is 5.16. The van der Waals surface area contributed by atoms with E-state index < -0.39 is 17.0 Å². The summed E-state index contributed by atoms with van der Waals surface area (Å²) in [7, 11) is 1.58. The first-order valence-electron chi connectivity index (χ1n) is 6.42. The second-order valence-electron chi connectivity index (χ2n) is 4.25. The van der Waals surface area contributed by atoms with Crippen LogP contribution < -0.4 is 10.6 Å². The first kappa shape index (κ1) is 15.9. The number of anilines is 1. The van der Waals surface area contributed by atoms with E-state index in [9.17, 15) is 13.6 Å². The average molecular weight is 316 g/mol. The van der Waals surface area contributed by atoms with Crippen LogP contribution in [0.3, 0.4) is 0 Å². The van der Waals surface area contributed by atoms with Gasteiger partial charge in [-0.3, -0.25) is 9.00 Å². The molecule has 0 fully saturated rings. The largest absolute Gasteiger partial charge is 0.768 e. The van der Waals surface area contributed by atoms with E-state index in [-0.39, 0.29) is 10.6 Å². The summed E-state index contributed by atoms with van der Waals surface area (Å²) in [5, 5.41) is 5.38. The van der Waals surface area contributed by atoms with Gasteiger partial charge in [-0.25, -0.2) is 4.98 Å². The van der Waals surface area contributed by atoms with Gasteiger partial charge in [0.2, 0.25) is 0 Å². The number of rotatable bonds is 5. The minimum absolute atomic E-state index is 0.126. The van der Waals surface area contributed by atoms with Gasteiger partial charge in [0, 0.05) is 18.1 Å². The Bertz CT molecular complexity index is 717. The Morgan fingerprint density at radius 3 is 2.59 bits per heavy atom. The van der Waals surface area contributed by atoms with Gasteiger partial charge in [-0.05, 0) is 40.9 Å². The van der Waals surface area contributed by atoms with Crippen molar-refractivity contribution in [2.75, 3.05) is 12.4 Å². The molecule has 0 saturated heterocycles. The molecule has 1 unspecified atom stereocenters. The number of aromatic nitrogens is 1. The van der Waals surface area contributed by atoms with Crippen molar-refractivity contribution in [3.05, 3.63) is 59.9 Å². The zero-order valence-corrected chi connectivity index (χ0v) is 12.6. The van der Waals surface area contributed by atoms with Gasteiger partial charge in [-0.15, -0.1) is 0 Å². The maximum Gasteiger partial charge on any atom is 0.272 e. The number of hydrogen-bond donors (Lipinski definition) is 2. The van der Waals surface area contributed by atoms with E-state index in [0.29, 0.717) is 11.4 Å². The molecule has 7 heteroatoms. The fourth-order valence-corrected chi connectivity index (χ4v) is 2.29. The molecule has 0 aliphatic heterocycles. The van der Waals surface area contributed by atoms with E-state index in [1.165, 1.54) is 12.1 Å². The summed E-state index contributed by atoms with van der Waals surface area (Å²) in [6.45, 7) is 0. The van der Waals surface area contributed by atoms with Crippen LogP contribution in [0.4, 0.5) is 5.82 Å². The highest BCUT2D eigenvalue weighted by molar-refractivity contribution is 7.79. The Hall–Kier alpha value is -2.51. The fraction of sp³-hybridized carbons (Fsp3) is 0.0667. The highest BCUT2D eigenvalue weighted by Gasteiger charge is 2.10. The summed E-state index contributed by atoms with van der Waals surface area (Å²) in [5.41, 5.74) is 0.653. The molecular weight excluding hydrogens is 302 g/mol. The summed E-state index contributed by atoms with van der Waals surface area (Å²) in [4.78, 5) is 16.3. The molecule has 22 heavy (non-hydrogen) atoms. The molecule has 1 amide bonds. The molecule has 0 bridgehead atoms.